The fourth-order valence-corrected chi connectivity index (χ4v) is 1.74. The van der Waals surface area contributed by atoms with Crippen molar-refractivity contribution in [3.63, 3.8) is 0 Å². The molecule has 0 aromatic carbocycles. The van der Waals surface area contributed by atoms with Gasteiger partial charge < -0.3 is 5.32 Å². The summed E-state index contributed by atoms with van der Waals surface area (Å²) in [7, 11) is 0. The molecule has 15 heavy (non-hydrogen) atoms. The van der Waals surface area contributed by atoms with Gasteiger partial charge in [0, 0.05) is 18.4 Å². The molecular formula is C13H22N2. The molecular weight excluding hydrogens is 184 g/mol. The predicted molar refractivity (Wildman–Crippen MR) is 64.7 cm³/mol. The molecule has 0 saturated carbocycles. The van der Waals surface area contributed by atoms with E-state index in [9.17, 15) is 0 Å². The maximum absolute atomic E-state index is 4.02. The minimum absolute atomic E-state index is 0.423. The maximum Gasteiger partial charge on any atom is 0.0293 e. The minimum atomic E-state index is 0.423. The Labute approximate surface area is 93.1 Å². The number of aromatic nitrogens is 1. The molecule has 0 spiro atoms. The highest BCUT2D eigenvalue weighted by Crippen LogP contribution is 2.11. The molecule has 0 amide bonds. The normalized spacial score (nSPS) is 14.9. The largest absolute Gasteiger partial charge is 0.310 e. The summed E-state index contributed by atoms with van der Waals surface area (Å²) in [6.45, 7) is 7.84. The van der Waals surface area contributed by atoms with Gasteiger partial charge >= 0.3 is 0 Å². The van der Waals surface area contributed by atoms with Gasteiger partial charge in [0.1, 0.15) is 0 Å². The number of nitrogens with zero attached hydrogens (tertiary/aromatic N) is 1. The fourth-order valence-electron chi connectivity index (χ4n) is 1.74. The quantitative estimate of drug-likeness (QED) is 0.773. The van der Waals surface area contributed by atoms with Crippen molar-refractivity contribution < 1.29 is 0 Å². The molecule has 0 radical (unpaired) electrons. The van der Waals surface area contributed by atoms with E-state index in [1.165, 1.54) is 18.4 Å². The Balaban J connectivity index is 2.33. The van der Waals surface area contributed by atoms with E-state index in [0.29, 0.717) is 6.04 Å². The molecule has 0 aliphatic heterocycles. The zero-order valence-corrected chi connectivity index (χ0v) is 10.0. The van der Waals surface area contributed by atoms with E-state index in [1.807, 2.05) is 12.4 Å². The van der Waals surface area contributed by atoms with E-state index >= 15 is 0 Å². The molecule has 2 heteroatoms. The zero-order chi connectivity index (χ0) is 11.1. The van der Waals surface area contributed by atoms with Crippen LogP contribution in [0.3, 0.4) is 0 Å². The lowest BCUT2D eigenvalue weighted by Crippen LogP contribution is -2.24. The summed E-state index contributed by atoms with van der Waals surface area (Å²) in [5.74, 6) is 0.763. The molecule has 1 aromatic heterocycles. The van der Waals surface area contributed by atoms with Gasteiger partial charge in [-0.05, 0) is 43.5 Å². The standard InChI is InChI=1S/C13H22N2/c1-4-5-11(2)10-15-12(3)13-6-8-14-9-7-13/h6-9,11-12,15H,4-5,10H2,1-3H3/t11-,12+/m0/s1. The summed E-state index contributed by atoms with van der Waals surface area (Å²) < 4.78 is 0. The lowest BCUT2D eigenvalue weighted by Gasteiger charge is -2.17. The third-order valence-electron chi connectivity index (χ3n) is 2.76. The molecule has 0 aliphatic rings. The highest BCUT2D eigenvalue weighted by atomic mass is 14.9. The second-order valence-electron chi connectivity index (χ2n) is 4.30. The van der Waals surface area contributed by atoms with Gasteiger partial charge in [0.15, 0.2) is 0 Å². The molecule has 0 saturated heterocycles. The Hall–Kier alpha value is -0.890. The van der Waals surface area contributed by atoms with Gasteiger partial charge in [-0.15, -0.1) is 0 Å². The Bertz CT molecular complexity index is 258. The molecule has 1 aromatic rings. The number of rotatable bonds is 6. The monoisotopic (exact) mass is 206 g/mol. The smallest absolute Gasteiger partial charge is 0.0293 e. The molecule has 0 aliphatic carbocycles. The highest BCUT2D eigenvalue weighted by Gasteiger charge is 2.06. The second-order valence-corrected chi connectivity index (χ2v) is 4.30. The number of pyridine rings is 1. The Morgan fingerprint density at radius 3 is 2.53 bits per heavy atom. The number of hydrogen-bond acceptors (Lipinski definition) is 2. The Morgan fingerprint density at radius 2 is 1.93 bits per heavy atom. The van der Waals surface area contributed by atoms with Crippen molar-refractivity contribution in [1.29, 1.82) is 0 Å². The van der Waals surface area contributed by atoms with Crippen LogP contribution in [0.2, 0.25) is 0 Å². The third-order valence-corrected chi connectivity index (χ3v) is 2.76. The minimum Gasteiger partial charge on any atom is -0.310 e. The molecule has 84 valence electrons. The van der Waals surface area contributed by atoms with Gasteiger partial charge in [-0.25, -0.2) is 0 Å². The first-order valence-electron chi connectivity index (χ1n) is 5.87. The number of nitrogens with one attached hydrogen (secondary N) is 1. The van der Waals surface area contributed by atoms with Crippen molar-refractivity contribution in [2.24, 2.45) is 5.92 Å². The fraction of sp³-hybridized carbons (Fsp3) is 0.615. The van der Waals surface area contributed by atoms with Crippen LogP contribution in [0.1, 0.15) is 45.2 Å². The van der Waals surface area contributed by atoms with E-state index in [1.54, 1.807) is 0 Å². The van der Waals surface area contributed by atoms with E-state index < -0.39 is 0 Å². The Kier molecular flexibility index (Phi) is 5.33. The first-order chi connectivity index (χ1) is 7.24. The summed E-state index contributed by atoms with van der Waals surface area (Å²) in [6, 6.07) is 4.57. The molecule has 2 nitrogen and oxygen atoms in total. The third kappa shape index (κ3) is 4.43. The first kappa shape index (κ1) is 12.2. The summed E-state index contributed by atoms with van der Waals surface area (Å²) in [5.41, 5.74) is 1.31. The van der Waals surface area contributed by atoms with Gasteiger partial charge in [0.2, 0.25) is 0 Å². The summed E-state index contributed by atoms with van der Waals surface area (Å²) in [4.78, 5) is 4.02. The summed E-state index contributed by atoms with van der Waals surface area (Å²) >= 11 is 0. The summed E-state index contributed by atoms with van der Waals surface area (Å²) in [6.07, 6.45) is 6.27. The van der Waals surface area contributed by atoms with Crippen molar-refractivity contribution in [2.75, 3.05) is 6.54 Å². The van der Waals surface area contributed by atoms with E-state index in [0.717, 1.165) is 12.5 Å². The van der Waals surface area contributed by atoms with Crippen LogP contribution in [0.5, 0.6) is 0 Å². The molecule has 2 atom stereocenters. The van der Waals surface area contributed by atoms with Crippen molar-refractivity contribution in [3.8, 4) is 0 Å². The van der Waals surface area contributed by atoms with Crippen LogP contribution >= 0.6 is 0 Å². The van der Waals surface area contributed by atoms with Crippen LogP contribution in [0.15, 0.2) is 24.5 Å². The maximum atomic E-state index is 4.02. The molecule has 1 rings (SSSR count). The zero-order valence-electron chi connectivity index (χ0n) is 10.0. The highest BCUT2D eigenvalue weighted by molar-refractivity contribution is 5.13. The lowest BCUT2D eigenvalue weighted by molar-refractivity contribution is 0.444. The molecule has 0 bridgehead atoms. The van der Waals surface area contributed by atoms with E-state index in [2.05, 4.69) is 43.2 Å². The average molecular weight is 206 g/mol. The summed E-state index contributed by atoms with van der Waals surface area (Å²) in [5, 5.41) is 3.56. The van der Waals surface area contributed by atoms with Crippen LogP contribution < -0.4 is 5.32 Å². The van der Waals surface area contributed by atoms with Crippen LogP contribution in [0.25, 0.3) is 0 Å². The van der Waals surface area contributed by atoms with Crippen LogP contribution in [-0.4, -0.2) is 11.5 Å². The van der Waals surface area contributed by atoms with Crippen molar-refractivity contribution >= 4 is 0 Å². The van der Waals surface area contributed by atoms with Crippen molar-refractivity contribution in [3.05, 3.63) is 30.1 Å². The second kappa shape index (κ2) is 6.57. The van der Waals surface area contributed by atoms with Gasteiger partial charge in [0.25, 0.3) is 0 Å². The topological polar surface area (TPSA) is 24.9 Å². The Morgan fingerprint density at radius 1 is 1.27 bits per heavy atom. The van der Waals surface area contributed by atoms with Gasteiger partial charge in [0.05, 0.1) is 0 Å². The van der Waals surface area contributed by atoms with Gasteiger partial charge in [-0.3, -0.25) is 4.98 Å². The van der Waals surface area contributed by atoms with E-state index in [4.69, 9.17) is 0 Å². The molecule has 0 unspecified atom stereocenters. The van der Waals surface area contributed by atoms with Crippen LogP contribution in [0, 0.1) is 5.92 Å². The average Bonchev–Trinajstić information content (AvgIpc) is 2.27. The van der Waals surface area contributed by atoms with E-state index in [-0.39, 0.29) is 0 Å². The SMILES string of the molecule is CCC[C@H](C)CN[C@H](C)c1ccncc1. The molecule has 1 N–H and O–H groups in total. The van der Waals surface area contributed by atoms with Gasteiger partial charge in [-0.2, -0.15) is 0 Å². The molecule has 1 heterocycles. The van der Waals surface area contributed by atoms with Gasteiger partial charge in [-0.1, -0.05) is 20.3 Å². The lowest BCUT2D eigenvalue weighted by atomic mass is 10.0. The number of hydrogen-bond donors (Lipinski definition) is 1. The van der Waals surface area contributed by atoms with Crippen LogP contribution in [0.4, 0.5) is 0 Å². The van der Waals surface area contributed by atoms with Crippen molar-refractivity contribution in [1.82, 2.24) is 10.3 Å². The van der Waals surface area contributed by atoms with Crippen molar-refractivity contribution in [2.45, 2.75) is 39.7 Å². The molecule has 0 fully saturated rings. The first-order valence-corrected chi connectivity index (χ1v) is 5.87. The van der Waals surface area contributed by atoms with Crippen LogP contribution in [-0.2, 0) is 0 Å². The predicted octanol–water partition coefficient (Wildman–Crippen LogP) is 3.17.